The Labute approximate surface area is 102 Å². The van der Waals surface area contributed by atoms with Crippen molar-refractivity contribution in [1.29, 1.82) is 0 Å². The number of benzene rings is 1. The highest BCUT2D eigenvalue weighted by Crippen LogP contribution is 2.07. The molecule has 0 N–H and O–H groups in total. The van der Waals surface area contributed by atoms with E-state index in [1.165, 1.54) is 9.13 Å². The molecule has 0 heterocycles. The Morgan fingerprint density at radius 1 is 1.14 bits per heavy atom. The quantitative estimate of drug-likeness (QED) is 0.599. The summed E-state index contributed by atoms with van der Waals surface area (Å²) in [5.41, 5.74) is 1.32. The molecule has 0 bridgehead atoms. The first kappa shape index (κ1) is 14.0. The van der Waals surface area contributed by atoms with Crippen molar-refractivity contribution in [3.8, 4) is 0 Å². The maximum absolute atomic E-state index is 5.40. The van der Waals surface area contributed by atoms with Crippen molar-refractivity contribution in [2.24, 2.45) is 0 Å². The predicted octanol–water partition coefficient (Wildman–Crippen LogP) is 2.60. The molecule has 0 aliphatic carbocycles. The second-order valence-electron chi connectivity index (χ2n) is 3.51. The van der Waals surface area contributed by atoms with Gasteiger partial charge in [-0.3, -0.25) is 0 Å². The molecule has 0 aliphatic rings. The van der Waals surface area contributed by atoms with Crippen LogP contribution < -0.4 is 0 Å². The van der Waals surface area contributed by atoms with Gasteiger partial charge in [0.05, 0.1) is 7.85 Å². The Morgan fingerprint density at radius 3 is 1.93 bits per heavy atom. The number of hydrogen-bond donors (Lipinski definition) is 0. The molecule has 0 amide bonds. The van der Waals surface area contributed by atoms with E-state index in [0.29, 0.717) is 0 Å². The van der Waals surface area contributed by atoms with Crippen LogP contribution in [0.5, 0.6) is 0 Å². The van der Waals surface area contributed by atoms with Gasteiger partial charge in [-0.2, -0.15) is 0 Å². The fraction of sp³-hybridized carbons (Fsp3) is 0.455. The van der Waals surface area contributed by atoms with Gasteiger partial charge < -0.3 is 4.90 Å². The third-order valence-electron chi connectivity index (χ3n) is 1.35. The van der Waals surface area contributed by atoms with Crippen molar-refractivity contribution < 1.29 is 0 Å². The second-order valence-corrected chi connectivity index (χ2v) is 4.75. The lowest BCUT2D eigenvalue weighted by Crippen LogP contribution is -1.99. The van der Waals surface area contributed by atoms with E-state index in [4.69, 9.17) is 7.85 Å². The van der Waals surface area contributed by atoms with Crippen LogP contribution >= 0.6 is 22.6 Å². The van der Waals surface area contributed by atoms with Crippen LogP contribution in [0.1, 0.15) is 5.56 Å². The lowest BCUT2D eigenvalue weighted by Gasteiger charge is -1.96. The van der Waals surface area contributed by atoms with Gasteiger partial charge in [-0.05, 0) is 67.9 Å². The van der Waals surface area contributed by atoms with E-state index in [1.54, 1.807) is 0 Å². The summed E-state index contributed by atoms with van der Waals surface area (Å²) < 4.78 is 1.28. The normalized spacial score (nSPS) is 9.50. The van der Waals surface area contributed by atoms with Crippen molar-refractivity contribution in [1.82, 2.24) is 4.90 Å². The average molecular weight is 301 g/mol. The summed E-state index contributed by atoms with van der Waals surface area (Å²) >= 11 is 2.29. The molecule has 0 aliphatic heterocycles. The van der Waals surface area contributed by atoms with Crippen LogP contribution in [0.15, 0.2) is 24.3 Å². The number of hydrogen-bond acceptors (Lipinski definition) is 1. The molecule has 1 rings (SSSR count). The molecule has 1 aromatic rings. The van der Waals surface area contributed by atoms with Crippen LogP contribution in [0.2, 0.25) is 6.32 Å². The maximum atomic E-state index is 5.40. The Kier molecular flexibility index (Phi) is 8.28. The monoisotopic (exact) mass is 301 g/mol. The van der Waals surface area contributed by atoms with Crippen LogP contribution in [-0.2, 0) is 6.42 Å². The van der Waals surface area contributed by atoms with E-state index < -0.39 is 0 Å². The van der Waals surface area contributed by atoms with Gasteiger partial charge in [0.2, 0.25) is 0 Å². The Morgan fingerprint density at radius 2 is 1.57 bits per heavy atom. The Bertz CT molecular complexity index is 231. The van der Waals surface area contributed by atoms with Crippen molar-refractivity contribution >= 4 is 30.4 Å². The van der Waals surface area contributed by atoms with E-state index in [1.807, 2.05) is 26.0 Å². The molecule has 1 nitrogen and oxygen atoms in total. The SMILES string of the molecule is CN(C)C.[B]CCc1ccc(I)cc1. The summed E-state index contributed by atoms with van der Waals surface area (Å²) in [4.78, 5) is 2.00. The molecular formula is C11H17BIN. The predicted molar refractivity (Wildman–Crippen MR) is 73.0 cm³/mol. The zero-order valence-electron chi connectivity index (χ0n) is 9.13. The lowest BCUT2D eigenvalue weighted by atomic mass is 9.98. The van der Waals surface area contributed by atoms with Gasteiger partial charge in [0.1, 0.15) is 0 Å². The van der Waals surface area contributed by atoms with Gasteiger partial charge in [0.25, 0.3) is 0 Å². The largest absolute Gasteiger partial charge is 0.312 e. The maximum Gasteiger partial charge on any atom is 0.0657 e. The van der Waals surface area contributed by atoms with Crippen LogP contribution in [-0.4, -0.2) is 33.9 Å². The minimum atomic E-state index is 0.737. The zero-order valence-corrected chi connectivity index (χ0v) is 11.3. The van der Waals surface area contributed by atoms with Gasteiger partial charge in [0.15, 0.2) is 0 Å². The molecule has 0 saturated carbocycles. The molecule has 0 saturated heterocycles. The molecule has 2 radical (unpaired) electrons. The lowest BCUT2D eigenvalue weighted by molar-refractivity contribution is 0.505. The van der Waals surface area contributed by atoms with Crippen molar-refractivity contribution in [3.05, 3.63) is 33.4 Å². The van der Waals surface area contributed by atoms with Gasteiger partial charge in [-0.1, -0.05) is 18.5 Å². The molecule has 0 aromatic heterocycles. The smallest absolute Gasteiger partial charge is 0.0657 e. The number of aryl methyl sites for hydroxylation is 1. The van der Waals surface area contributed by atoms with Gasteiger partial charge in [-0.25, -0.2) is 0 Å². The summed E-state index contributed by atoms with van der Waals surface area (Å²) in [7, 11) is 11.4. The van der Waals surface area contributed by atoms with Gasteiger partial charge >= 0.3 is 0 Å². The van der Waals surface area contributed by atoms with Crippen LogP contribution in [0.25, 0.3) is 0 Å². The second kappa shape index (κ2) is 8.30. The molecule has 0 fully saturated rings. The van der Waals surface area contributed by atoms with E-state index in [-0.39, 0.29) is 0 Å². The summed E-state index contributed by atoms with van der Waals surface area (Å²) in [6.45, 7) is 0. The molecular weight excluding hydrogens is 284 g/mol. The molecule has 0 spiro atoms. The fourth-order valence-corrected chi connectivity index (χ4v) is 1.18. The first-order chi connectivity index (χ1) is 6.56. The summed E-state index contributed by atoms with van der Waals surface area (Å²) in [5, 5.41) is 0. The summed E-state index contributed by atoms with van der Waals surface area (Å²) in [6.07, 6.45) is 1.72. The summed E-state index contributed by atoms with van der Waals surface area (Å²) in [5.74, 6) is 0. The van der Waals surface area contributed by atoms with E-state index in [2.05, 4.69) is 46.9 Å². The molecule has 3 heteroatoms. The third-order valence-corrected chi connectivity index (χ3v) is 2.07. The minimum Gasteiger partial charge on any atom is -0.312 e. The van der Waals surface area contributed by atoms with Gasteiger partial charge in [0, 0.05) is 3.57 Å². The summed E-state index contributed by atoms with van der Waals surface area (Å²) in [6, 6.07) is 8.44. The number of nitrogens with zero attached hydrogens (tertiary/aromatic N) is 1. The molecule has 1 aromatic carbocycles. The highest BCUT2D eigenvalue weighted by Gasteiger charge is 1.88. The van der Waals surface area contributed by atoms with Gasteiger partial charge in [-0.15, -0.1) is 0 Å². The molecule has 14 heavy (non-hydrogen) atoms. The zero-order chi connectivity index (χ0) is 11.0. The minimum absolute atomic E-state index is 0.737. The van der Waals surface area contributed by atoms with Crippen molar-refractivity contribution in [3.63, 3.8) is 0 Å². The highest BCUT2D eigenvalue weighted by atomic mass is 127. The van der Waals surface area contributed by atoms with Crippen LogP contribution in [0.4, 0.5) is 0 Å². The fourth-order valence-electron chi connectivity index (χ4n) is 0.818. The molecule has 0 unspecified atom stereocenters. The van der Waals surface area contributed by atoms with Crippen LogP contribution in [0.3, 0.4) is 0 Å². The third kappa shape index (κ3) is 8.57. The Balaban J connectivity index is 0.000000364. The standard InChI is InChI=1S/C8H8BI.C3H9N/c9-6-5-7-1-3-8(10)4-2-7;1-4(2)3/h1-4H,5-6H2;1-3H3. The van der Waals surface area contributed by atoms with E-state index in [9.17, 15) is 0 Å². The molecule has 0 atom stereocenters. The average Bonchev–Trinajstić information content (AvgIpc) is 2.08. The van der Waals surface area contributed by atoms with E-state index in [0.717, 1.165) is 12.7 Å². The van der Waals surface area contributed by atoms with Crippen molar-refractivity contribution in [2.45, 2.75) is 12.7 Å². The van der Waals surface area contributed by atoms with Crippen LogP contribution in [0, 0.1) is 3.57 Å². The topological polar surface area (TPSA) is 3.24 Å². The number of halogens is 1. The Hall–Kier alpha value is -0.0251. The first-order valence-corrected chi connectivity index (χ1v) is 5.69. The first-order valence-electron chi connectivity index (χ1n) is 4.61. The highest BCUT2D eigenvalue weighted by molar-refractivity contribution is 14.1. The van der Waals surface area contributed by atoms with Crippen molar-refractivity contribution in [2.75, 3.05) is 21.1 Å². The van der Waals surface area contributed by atoms with E-state index >= 15 is 0 Å². The molecule has 76 valence electrons. The number of rotatable bonds is 2.